The maximum Gasteiger partial charge on any atom is 0.243 e. The Morgan fingerprint density at radius 1 is 1.62 bits per heavy atom. The number of aryl methyl sites for hydroxylation is 1. The molecule has 6 nitrogen and oxygen atoms in total. The number of aromatic nitrogens is 2. The number of hydrogen-bond acceptors (Lipinski definition) is 4. The second-order valence-corrected chi connectivity index (χ2v) is 5.94. The summed E-state index contributed by atoms with van der Waals surface area (Å²) in [6.45, 7) is 2.04. The molecule has 1 heterocycles. The van der Waals surface area contributed by atoms with E-state index in [1.807, 2.05) is 0 Å². The van der Waals surface area contributed by atoms with E-state index in [0.29, 0.717) is 25.1 Å². The molecule has 0 bridgehead atoms. The van der Waals surface area contributed by atoms with Gasteiger partial charge in [-0.05, 0) is 25.7 Å². The van der Waals surface area contributed by atoms with Crippen LogP contribution in [0.5, 0.6) is 0 Å². The van der Waals surface area contributed by atoms with Crippen molar-refractivity contribution >= 4 is 10.0 Å². The van der Waals surface area contributed by atoms with Crippen LogP contribution >= 0.6 is 0 Å². The Morgan fingerprint density at radius 2 is 2.31 bits per heavy atom. The van der Waals surface area contributed by atoms with Gasteiger partial charge in [-0.25, -0.2) is 13.1 Å². The van der Waals surface area contributed by atoms with E-state index >= 15 is 0 Å². The molecular formula is C9H15N3O3S. The molecular weight excluding hydrogens is 230 g/mol. The molecule has 1 aromatic heterocycles. The van der Waals surface area contributed by atoms with Crippen molar-refractivity contribution in [3.05, 3.63) is 11.9 Å². The zero-order valence-electron chi connectivity index (χ0n) is 8.97. The van der Waals surface area contributed by atoms with E-state index in [-0.39, 0.29) is 16.9 Å². The molecule has 0 aliphatic heterocycles. The minimum Gasteiger partial charge on any atom is -0.393 e. The minimum absolute atomic E-state index is 0.187. The highest BCUT2D eigenvalue weighted by Gasteiger charge is 2.29. The zero-order valence-corrected chi connectivity index (χ0v) is 9.79. The summed E-state index contributed by atoms with van der Waals surface area (Å²) in [5.41, 5.74) is 0.529. The third-order valence-corrected chi connectivity index (χ3v) is 4.38. The van der Waals surface area contributed by atoms with Gasteiger partial charge in [0, 0.05) is 6.54 Å². The summed E-state index contributed by atoms with van der Waals surface area (Å²) in [6, 6.07) is 0. The largest absolute Gasteiger partial charge is 0.393 e. The van der Waals surface area contributed by atoms with Gasteiger partial charge in [0.15, 0.2) is 0 Å². The highest BCUT2D eigenvalue weighted by molar-refractivity contribution is 7.89. The van der Waals surface area contributed by atoms with Crippen molar-refractivity contribution in [2.45, 2.75) is 30.8 Å². The van der Waals surface area contributed by atoms with E-state index in [9.17, 15) is 8.42 Å². The van der Waals surface area contributed by atoms with Crippen LogP contribution in [0, 0.1) is 12.8 Å². The fourth-order valence-electron chi connectivity index (χ4n) is 1.78. The first-order valence-corrected chi connectivity index (χ1v) is 6.65. The van der Waals surface area contributed by atoms with E-state index < -0.39 is 10.0 Å². The zero-order chi connectivity index (χ0) is 11.8. The Morgan fingerprint density at radius 3 is 2.81 bits per heavy atom. The Hall–Kier alpha value is -0.920. The van der Waals surface area contributed by atoms with Crippen molar-refractivity contribution < 1.29 is 13.5 Å². The number of aliphatic hydroxyl groups excluding tert-OH is 1. The van der Waals surface area contributed by atoms with Gasteiger partial charge in [0.25, 0.3) is 0 Å². The Balaban J connectivity index is 1.96. The number of nitrogens with zero attached hydrogens (tertiary/aromatic N) is 1. The van der Waals surface area contributed by atoms with Crippen LogP contribution in [0.25, 0.3) is 0 Å². The van der Waals surface area contributed by atoms with Gasteiger partial charge in [-0.3, -0.25) is 5.10 Å². The third-order valence-electron chi connectivity index (χ3n) is 2.85. The normalized spacial score (nSPS) is 25.4. The van der Waals surface area contributed by atoms with Gasteiger partial charge in [-0.2, -0.15) is 5.10 Å². The quantitative estimate of drug-likeness (QED) is 0.682. The number of H-pyrrole nitrogens is 1. The van der Waals surface area contributed by atoms with Gasteiger partial charge in [0.05, 0.1) is 18.0 Å². The van der Waals surface area contributed by atoms with Crippen LogP contribution in [0.15, 0.2) is 11.1 Å². The van der Waals surface area contributed by atoms with E-state index in [1.165, 1.54) is 6.20 Å². The van der Waals surface area contributed by atoms with Crippen LogP contribution in [0.4, 0.5) is 0 Å². The summed E-state index contributed by atoms with van der Waals surface area (Å²) in [7, 11) is -3.46. The summed E-state index contributed by atoms with van der Waals surface area (Å²) in [4.78, 5) is 0.187. The van der Waals surface area contributed by atoms with Gasteiger partial charge in [0.2, 0.25) is 10.0 Å². The summed E-state index contributed by atoms with van der Waals surface area (Å²) in [6.07, 6.45) is 2.39. The van der Waals surface area contributed by atoms with Crippen LogP contribution < -0.4 is 4.72 Å². The molecule has 1 aromatic rings. The van der Waals surface area contributed by atoms with Gasteiger partial charge in [0.1, 0.15) is 4.90 Å². The first kappa shape index (κ1) is 11.6. The molecule has 2 rings (SSSR count). The molecule has 0 spiro atoms. The molecule has 1 fully saturated rings. The Bertz CT molecular complexity index is 462. The van der Waals surface area contributed by atoms with Crippen molar-refractivity contribution in [2.24, 2.45) is 5.92 Å². The Labute approximate surface area is 94.1 Å². The summed E-state index contributed by atoms with van der Waals surface area (Å²) in [5.74, 6) is 0.247. The highest BCUT2D eigenvalue weighted by atomic mass is 32.2. The van der Waals surface area contributed by atoms with Crippen molar-refractivity contribution in [1.82, 2.24) is 14.9 Å². The molecule has 1 aliphatic carbocycles. The average Bonchev–Trinajstić information content (AvgIpc) is 2.58. The molecule has 0 aromatic carbocycles. The Kier molecular flexibility index (Phi) is 3.00. The monoisotopic (exact) mass is 245 g/mol. The predicted octanol–water partition coefficient (Wildman–Crippen LogP) is -0.233. The number of aromatic amines is 1. The van der Waals surface area contributed by atoms with Crippen molar-refractivity contribution in [2.75, 3.05) is 6.54 Å². The van der Waals surface area contributed by atoms with Gasteiger partial charge >= 0.3 is 0 Å². The summed E-state index contributed by atoms with van der Waals surface area (Å²) >= 11 is 0. The van der Waals surface area contributed by atoms with E-state index in [2.05, 4.69) is 14.9 Å². The molecule has 1 saturated carbocycles. The highest BCUT2D eigenvalue weighted by Crippen LogP contribution is 2.26. The lowest BCUT2D eigenvalue weighted by molar-refractivity contribution is 0.0453. The number of aliphatic hydroxyl groups is 1. The van der Waals surface area contributed by atoms with E-state index in [0.717, 1.165) is 0 Å². The topological polar surface area (TPSA) is 95.1 Å². The number of nitrogens with one attached hydrogen (secondary N) is 2. The smallest absolute Gasteiger partial charge is 0.243 e. The lowest BCUT2D eigenvalue weighted by Gasteiger charge is -2.31. The second kappa shape index (κ2) is 4.15. The minimum atomic E-state index is -3.46. The van der Waals surface area contributed by atoms with Gasteiger partial charge < -0.3 is 5.11 Å². The molecule has 7 heteroatoms. The maximum absolute atomic E-state index is 11.8. The van der Waals surface area contributed by atoms with E-state index in [1.54, 1.807) is 6.92 Å². The lowest BCUT2D eigenvalue weighted by Crippen LogP contribution is -2.38. The first-order valence-electron chi connectivity index (χ1n) is 5.17. The molecule has 16 heavy (non-hydrogen) atoms. The SMILES string of the molecule is Cc1[nH]ncc1S(=O)(=O)NCC1CC(O)C1. The molecule has 1 aliphatic rings. The van der Waals surface area contributed by atoms with Crippen LogP contribution in [0.2, 0.25) is 0 Å². The molecule has 0 saturated heterocycles. The molecule has 0 unspecified atom stereocenters. The predicted molar refractivity (Wildman–Crippen MR) is 57.2 cm³/mol. The average molecular weight is 245 g/mol. The van der Waals surface area contributed by atoms with Crippen LogP contribution in [-0.2, 0) is 10.0 Å². The lowest BCUT2D eigenvalue weighted by atomic mass is 9.83. The molecule has 0 atom stereocenters. The number of rotatable bonds is 4. The van der Waals surface area contributed by atoms with Crippen LogP contribution in [-0.4, -0.2) is 36.4 Å². The molecule has 0 radical (unpaired) electrons. The fourth-order valence-corrected chi connectivity index (χ4v) is 3.03. The molecule has 0 amide bonds. The second-order valence-electron chi connectivity index (χ2n) is 4.20. The van der Waals surface area contributed by atoms with E-state index in [4.69, 9.17) is 5.11 Å². The fraction of sp³-hybridized carbons (Fsp3) is 0.667. The third kappa shape index (κ3) is 2.26. The standard InChI is InChI=1S/C9H15N3O3S/c1-6-9(5-10-12-6)16(14,15)11-4-7-2-8(13)3-7/h5,7-8,11,13H,2-4H2,1H3,(H,10,12). The number of hydrogen-bond donors (Lipinski definition) is 3. The van der Waals surface area contributed by atoms with Crippen molar-refractivity contribution in [3.63, 3.8) is 0 Å². The first-order chi connectivity index (χ1) is 7.49. The molecule has 3 N–H and O–H groups in total. The van der Waals surface area contributed by atoms with Crippen LogP contribution in [0.3, 0.4) is 0 Å². The number of sulfonamides is 1. The van der Waals surface area contributed by atoms with Gasteiger partial charge in [-0.1, -0.05) is 0 Å². The van der Waals surface area contributed by atoms with Crippen molar-refractivity contribution in [1.29, 1.82) is 0 Å². The van der Waals surface area contributed by atoms with Crippen LogP contribution in [0.1, 0.15) is 18.5 Å². The summed E-state index contributed by atoms with van der Waals surface area (Å²) < 4.78 is 26.1. The van der Waals surface area contributed by atoms with Crippen molar-refractivity contribution in [3.8, 4) is 0 Å². The summed E-state index contributed by atoms with van der Waals surface area (Å²) in [5, 5.41) is 15.3. The molecule has 90 valence electrons. The van der Waals surface area contributed by atoms with Gasteiger partial charge in [-0.15, -0.1) is 0 Å². The maximum atomic E-state index is 11.8.